The van der Waals surface area contributed by atoms with E-state index in [0.717, 1.165) is 31.6 Å². The lowest BCUT2D eigenvalue weighted by Gasteiger charge is -2.22. The predicted octanol–water partition coefficient (Wildman–Crippen LogP) is 3.55. The summed E-state index contributed by atoms with van der Waals surface area (Å²) in [4.78, 5) is 0.599. The van der Waals surface area contributed by atoms with Crippen LogP contribution in [0.1, 0.15) is 33.1 Å². The number of benzene rings is 1. The van der Waals surface area contributed by atoms with Crippen LogP contribution in [0.4, 0.5) is 0 Å². The predicted molar refractivity (Wildman–Crippen MR) is 76.4 cm³/mol. The molecule has 1 aromatic rings. The van der Waals surface area contributed by atoms with Crippen molar-refractivity contribution in [3.63, 3.8) is 0 Å². The van der Waals surface area contributed by atoms with E-state index in [2.05, 4.69) is 13.8 Å². The molecule has 0 heterocycles. The summed E-state index contributed by atoms with van der Waals surface area (Å²) in [6.45, 7) is 4.93. The molecule has 94 valence electrons. The van der Waals surface area contributed by atoms with Gasteiger partial charge in [0.05, 0.1) is 11.6 Å². The molecule has 2 N–H and O–H groups in total. The summed E-state index contributed by atoms with van der Waals surface area (Å²) in [7, 11) is 0. The highest BCUT2D eigenvalue weighted by atomic mass is 32.1. The normalized spacial score (nSPS) is 11.2. The Bertz CT molecular complexity index is 348. The first-order valence-electron chi connectivity index (χ1n) is 6.00. The first kappa shape index (κ1) is 14.0. The molecule has 0 aliphatic rings. The number of ether oxygens (including phenoxy) is 1. The first-order chi connectivity index (χ1) is 8.02. The van der Waals surface area contributed by atoms with Crippen molar-refractivity contribution in [2.45, 2.75) is 33.1 Å². The fourth-order valence-corrected chi connectivity index (χ4v) is 1.60. The van der Waals surface area contributed by atoms with Crippen LogP contribution in [-0.4, -0.2) is 11.6 Å². The highest BCUT2D eigenvalue weighted by Gasteiger charge is 2.20. The third-order valence-electron chi connectivity index (χ3n) is 2.88. The van der Waals surface area contributed by atoms with Crippen molar-refractivity contribution >= 4 is 17.2 Å². The summed E-state index contributed by atoms with van der Waals surface area (Å²) < 4.78 is 5.62. The van der Waals surface area contributed by atoms with Crippen LogP contribution >= 0.6 is 12.2 Å². The number of unbranched alkanes of at least 4 members (excludes halogenated alkanes) is 1. The van der Waals surface area contributed by atoms with Crippen molar-refractivity contribution in [3.05, 3.63) is 30.3 Å². The molecule has 0 aliphatic carbocycles. The second kappa shape index (κ2) is 6.60. The average Bonchev–Trinajstić information content (AvgIpc) is 2.29. The SMILES string of the molecule is CC(C)(CCCCOc1ccccc1)C(N)=S. The van der Waals surface area contributed by atoms with Gasteiger partial charge in [-0.1, -0.05) is 44.3 Å². The van der Waals surface area contributed by atoms with E-state index in [-0.39, 0.29) is 5.41 Å². The van der Waals surface area contributed by atoms with Crippen LogP contribution in [0.15, 0.2) is 30.3 Å². The molecule has 3 heteroatoms. The smallest absolute Gasteiger partial charge is 0.119 e. The largest absolute Gasteiger partial charge is 0.494 e. The van der Waals surface area contributed by atoms with Gasteiger partial charge in [-0.15, -0.1) is 0 Å². The van der Waals surface area contributed by atoms with Crippen LogP contribution in [0.25, 0.3) is 0 Å². The summed E-state index contributed by atoms with van der Waals surface area (Å²) in [5.74, 6) is 0.932. The Labute approximate surface area is 109 Å². The van der Waals surface area contributed by atoms with Gasteiger partial charge in [0.1, 0.15) is 5.75 Å². The first-order valence-corrected chi connectivity index (χ1v) is 6.41. The molecule has 0 aromatic heterocycles. The molecule has 17 heavy (non-hydrogen) atoms. The van der Waals surface area contributed by atoms with Crippen molar-refractivity contribution in [1.82, 2.24) is 0 Å². The zero-order chi connectivity index (χ0) is 12.7. The second-order valence-electron chi connectivity index (χ2n) is 4.87. The zero-order valence-electron chi connectivity index (χ0n) is 10.6. The standard InChI is InChI=1S/C14H21NOS/c1-14(2,13(15)17)10-6-7-11-16-12-8-4-3-5-9-12/h3-5,8-9H,6-7,10-11H2,1-2H3,(H2,15,17). The van der Waals surface area contributed by atoms with Crippen molar-refractivity contribution in [3.8, 4) is 5.75 Å². The summed E-state index contributed by atoms with van der Waals surface area (Å²) in [5.41, 5.74) is 5.64. The molecule has 0 saturated carbocycles. The van der Waals surface area contributed by atoms with Crippen LogP contribution in [0.2, 0.25) is 0 Å². The molecule has 0 saturated heterocycles. The van der Waals surface area contributed by atoms with Gasteiger partial charge >= 0.3 is 0 Å². The van der Waals surface area contributed by atoms with E-state index >= 15 is 0 Å². The number of thiocarbonyl (C=S) groups is 1. The van der Waals surface area contributed by atoms with E-state index in [1.807, 2.05) is 30.3 Å². The number of rotatable bonds is 7. The molecule has 1 rings (SSSR count). The Balaban J connectivity index is 2.15. The van der Waals surface area contributed by atoms with Crippen LogP contribution in [-0.2, 0) is 0 Å². The molecule has 2 nitrogen and oxygen atoms in total. The highest BCUT2D eigenvalue weighted by Crippen LogP contribution is 2.23. The van der Waals surface area contributed by atoms with Gasteiger partial charge in [0, 0.05) is 5.41 Å². The van der Waals surface area contributed by atoms with Crippen LogP contribution in [0, 0.1) is 5.41 Å². The van der Waals surface area contributed by atoms with Crippen molar-refractivity contribution in [2.24, 2.45) is 11.1 Å². The number of nitrogens with two attached hydrogens (primary N) is 1. The van der Waals surface area contributed by atoms with E-state index in [9.17, 15) is 0 Å². The Morgan fingerprint density at radius 3 is 2.47 bits per heavy atom. The minimum atomic E-state index is -0.0396. The molecular weight excluding hydrogens is 230 g/mol. The number of hydrogen-bond acceptors (Lipinski definition) is 2. The van der Waals surface area contributed by atoms with Gasteiger partial charge in [-0.05, 0) is 31.4 Å². The minimum absolute atomic E-state index is 0.0396. The third-order valence-corrected chi connectivity index (χ3v) is 3.43. The maximum Gasteiger partial charge on any atom is 0.119 e. The molecule has 1 aromatic carbocycles. The van der Waals surface area contributed by atoms with Crippen LogP contribution in [0.3, 0.4) is 0 Å². The lowest BCUT2D eigenvalue weighted by atomic mass is 9.87. The highest BCUT2D eigenvalue weighted by molar-refractivity contribution is 7.80. The lowest BCUT2D eigenvalue weighted by molar-refractivity contribution is 0.297. The summed E-state index contributed by atoms with van der Waals surface area (Å²) >= 11 is 5.03. The van der Waals surface area contributed by atoms with E-state index in [0.29, 0.717) is 4.99 Å². The van der Waals surface area contributed by atoms with Crippen molar-refractivity contribution < 1.29 is 4.74 Å². The quantitative estimate of drug-likeness (QED) is 0.594. The molecule has 0 radical (unpaired) electrons. The third kappa shape index (κ3) is 5.18. The van der Waals surface area contributed by atoms with E-state index < -0.39 is 0 Å². The number of hydrogen-bond donors (Lipinski definition) is 1. The molecular formula is C14H21NOS. The molecule has 0 amide bonds. The number of para-hydroxylation sites is 1. The van der Waals surface area contributed by atoms with Crippen molar-refractivity contribution in [1.29, 1.82) is 0 Å². The summed E-state index contributed by atoms with van der Waals surface area (Å²) in [6, 6.07) is 9.88. The Kier molecular flexibility index (Phi) is 5.42. The minimum Gasteiger partial charge on any atom is -0.494 e. The molecule has 0 spiro atoms. The van der Waals surface area contributed by atoms with Gasteiger partial charge in [0.2, 0.25) is 0 Å². The van der Waals surface area contributed by atoms with Gasteiger partial charge in [-0.25, -0.2) is 0 Å². The van der Waals surface area contributed by atoms with Crippen LogP contribution in [0.5, 0.6) is 5.75 Å². The van der Waals surface area contributed by atoms with Gasteiger partial charge < -0.3 is 10.5 Å². The van der Waals surface area contributed by atoms with Gasteiger partial charge in [-0.3, -0.25) is 0 Å². The molecule has 0 bridgehead atoms. The molecule has 0 aliphatic heterocycles. The Morgan fingerprint density at radius 1 is 1.24 bits per heavy atom. The summed E-state index contributed by atoms with van der Waals surface area (Å²) in [6.07, 6.45) is 3.12. The van der Waals surface area contributed by atoms with E-state index in [4.69, 9.17) is 22.7 Å². The average molecular weight is 251 g/mol. The maximum absolute atomic E-state index is 5.68. The topological polar surface area (TPSA) is 35.2 Å². The maximum atomic E-state index is 5.68. The molecule has 0 atom stereocenters. The molecule has 0 unspecified atom stereocenters. The van der Waals surface area contributed by atoms with Gasteiger partial charge in [0.25, 0.3) is 0 Å². The fraction of sp³-hybridized carbons (Fsp3) is 0.500. The molecule has 0 fully saturated rings. The summed E-state index contributed by atoms with van der Waals surface area (Å²) in [5, 5.41) is 0. The van der Waals surface area contributed by atoms with Gasteiger partial charge in [-0.2, -0.15) is 0 Å². The Morgan fingerprint density at radius 2 is 1.88 bits per heavy atom. The van der Waals surface area contributed by atoms with Gasteiger partial charge in [0.15, 0.2) is 0 Å². The van der Waals surface area contributed by atoms with Crippen LogP contribution < -0.4 is 10.5 Å². The monoisotopic (exact) mass is 251 g/mol. The lowest BCUT2D eigenvalue weighted by Crippen LogP contribution is -2.29. The van der Waals surface area contributed by atoms with Crippen molar-refractivity contribution in [2.75, 3.05) is 6.61 Å². The zero-order valence-corrected chi connectivity index (χ0v) is 11.4. The van der Waals surface area contributed by atoms with E-state index in [1.165, 1.54) is 0 Å². The Hall–Kier alpha value is -1.09. The second-order valence-corrected chi connectivity index (χ2v) is 5.31. The van der Waals surface area contributed by atoms with E-state index in [1.54, 1.807) is 0 Å². The fourth-order valence-electron chi connectivity index (χ4n) is 1.50.